The van der Waals surface area contributed by atoms with Crippen molar-refractivity contribution < 1.29 is 0 Å². The fourth-order valence-corrected chi connectivity index (χ4v) is 3.03. The second kappa shape index (κ2) is 5.48. The highest BCUT2D eigenvalue weighted by Gasteiger charge is 2.14. The van der Waals surface area contributed by atoms with Crippen LogP contribution in [0.4, 0.5) is 0 Å². The van der Waals surface area contributed by atoms with E-state index in [4.69, 9.17) is 0 Å². The molecular formula is C16H18N4S. The summed E-state index contributed by atoms with van der Waals surface area (Å²) in [5.74, 6) is 0.963. The van der Waals surface area contributed by atoms with Crippen molar-refractivity contribution in [2.75, 3.05) is 5.75 Å². The lowest BCUT2D eigenvalue weighted by Crippen LogP contribution is -2.00. The van der Waals surface area contributed by atoms with Gasteiger partial charge in [-0.25, -0.2) is 4.68 Å². The highest BCUT2D eigenvalue weighted by Crippen LogP contribution is 2.29. The minimum atomic E-state index is 0.917. The van der Waals surface area contributed by atoms with Crippen LogP contribution in [-0.2, 0) is 0 Å². The number of aromatic nitrogens is 4. The van der Waals surface area contributed by atoms with Crippen LogP contribution in [0.25, 0.3) is 16.6 Å². The van der Waals surface area contributed by atoms with Crippen LogP contribution in [0.15, 0.2) is 29.4 Å². The lowest BCUT2D eigenvalue weighted by molar-refractivity contribution is 0.867. The Bertz CT molecular complexity index is 807. The van der Waals surface area contributed by atoms with Gasteiger partial charge in [-0.3, -0.25) is 0 Å². The van der Waals surface area contributed by atoms with Crippen LogP contribution in [-0.4, -0.2) is 25.7 Å². The third-order valence-corrected chi connectivity index (χ3v) is 4.51. The zero-order valence-corrected chi connectivity index (χ0v) is 13.5. The summed E-state index contributed by atoms with van der Waals surface area (Å²) in [5, 5.41) is 15.2. The number of hydrogen-bond donors (Lipinski definition) is 0. The second-order valence-electron chi connectivity index (χ2n) is 5.11. The molecule has 0 atom stereocenters. The number of rotatable bonds is 3. The van der Waals surface area contributed by atoms with Crippen LogP contribution in [0, 0.1) is 20.8 Å². The number of nitrogens with zero attached hydrogens (tertiary/aromatic N) is 4. The van der Waals surface area contributed by atoms with Crippen molar-refractivity contribution in [2.24, 2.45) is 0 Å². The van der Waals surface area contributed by atoms with E-state index < -0.39 is 0 Å². The molecule has 21 heavy (non-hydrogen) atoms. The number of aryl methyl sites for hydroxylation is 3. The van der Waals surface area contributed by atoms with E-state index in [0.29, 0.717) is 0 Å². The maximum atomic E-state index is 4.56. The van der Waals surface area contributed by atoms with Crippen LogP contribution in [0.3, 0.4) is 0 Å². The molecule has 0 aliphatic heterocycles. The standard InChI is InChI=1S/C16H18N4S/c1-5-21-16-15-14(12(4)18-19-16)9-17-20(15)13-7-6-10(2)11(3)8-13/h6-9H,5H2,1-4H3. The summed E-state index contributed by atoms with van der Waals surface area (Å²) in [6.45, 7) is 8.34. The summed E-state index contributed by atoms with van der Waals surface area (Å²) >= 11 is 1.70. The number of hydrogen-bond acceptors (Lipinski definition) is 4. The van der Waals surface area contributed by atoms with Gasteiger partial charge in [0.1, 0.15) is 10.5 Å². The number of fused-ring (bicyclic) bond motifs is 1. The van der Waals surface area contributed by atoms with E-state index >= 15 is 0 Å². The van der Waals surface area contributed by atoms with Crippen LogP contribution >= 0.6 is 11.8 Å². The SMILES string of the molecule is CCSc1nnc(C)c2cnn(-c3ccc(C)c(C)c3)c12. The van der Waals surface area contributed by atoms with Gasteiger partial charge in [-0.2, -0.15) is 10.2 Å². The molecule has 0 aliphatic carbocycles. The van der Waals surface area contributed by atoms with Crippen LogP contribution in [0.5, 0.6) is 0 Å². The van der Waals surface area contributed by atoms with Crippen LogP contribution < -0.4 is 0 Å². The molecule has 108 valence electrons. The quantitative estimate of drug-likeness (QED) is 0.689. The van der Waals surface area contributed by atoms with Crippen molar-refractivity contribution in [1.82, 2.24) is 20.0 Å². The maximum absolute atomic E-state index is 4.56. The van der Waals surface area contributed by atoms with Crippen molar-refractivity contribution >= 4 is 22.7 Å². The first-order valence-corrected chi connectivity index (χ1v) is 8.01. The average molecular weight is 298 g/mol. The molecule has 0 fully saturated rings. The van der Waals surface area contributed by atoms with E-state index in [9.17, 15) is 0 Å². The molecule has 0 radical (unpaired) electrons. The topological polar surface area (TPSA) is 43.6 Å². The van der Waals surface area contributed by atoms with Crippen molar-refractivity contribution in [2.45, 2.75) is 32.7 Å². The van der Waals surface area contributed by atoms with Gasteiger partial charge < -0.3 is 0 Å². The van der Waals surface area contributed by atoms with E-state index in [-0.39, 0.29) is 0 Å². The molecular weight excluding hydrogens is 280 g/mol. The monoisotopic (exact) mass is 298 g/mol. The Hall–Kier alpha value is -1.88. The van der Waals surface area contributed by atoms with E-state index in [2.05, 4.69) is 54.3 Å². The molecule has 0 amide bonds. The molecule has 0 aliphatic rings. The molecule has 3 rings (SSSR count). The van der Waals surface area contributed by atoms with Crippen LogP contribution in [0.1, 0.15) is 23.7 Å². The third kappa shape index (κ3) is 2.42. The Kier molecular flexibility index (Phi) is 3.68. The Labute approximate surface area is 128 Å². The summed E-state index contributed by atoms with van der Waals surface area (Å²) in [5.41, 5.74) is 5.59. The van der Waals surface area contributed by atoms with E-state index in [1.807, 2.05) is 17.8 Å². The second-order valence-corrected chi connectivity index (χ2v) is 6.36. The summed E-state index contributed by atoms with van der Waals surface area (Å²) < 4.78 is 1.97. The van der Waals surface area contributed by atoms with Crippen LogP contribution in [0.2, 0.25) is 0 Å². The first-order chi connectivity index (χ1) is 10.1. The normalized spacial score (nSPS) is 11.2. The zero-order chi connectivity index (χ0) is 15.0. The van der Waals surface area contributed by atoms with Gasteiger partial charge in [0.25, 0.3) is 0 Å². The molecule has 1 aromatic carbocycles. The molecule has 2 aromatic heterocycles. The Morgan fingerprint density at radius 3 is 2.62 bits per heavy atom. The highest BCUT2D eigenvalue weighted by atomic mass is 32.2. The Morgan fingerprint density at radius 1 is 1.10 bits per heavy atom. The van der Waals surface area contributed by atoms with Gasteiger partial charge in [0.05, 0.1) is 17.6 Å². The Balaban J connectivity index is 2.27. The van der Waals surface area contributed by atoms with Crippen molar-refractivity contribution in [3.63, 3.8) is 0 Å². The summed E-state index contributed by atoms with van der Waals surface area (Å²) in [6, 6.07) is 6.40. The largest absolute Gasteiger partial charge is 0.230 e. The minimum Gasteiger partial charge on any atom is -0.230 e. The van der Waals surface area contributed by atoms with E-state index in [0.717, 1.165) is 33.1 Å². The molecule has 2 heterocycles. The fourth-order valence-electron chi connectivity index (χ4n) is 2.33. The minimum absolute atomic E-state index is 0.917. The fraction of sp³-hybridized carbons (Fsp3) is 0.312. The van der Waals surface area contributed by atoms with Gasteiger partial charge in [0.2, 0.25) is 0 Å². The number of thioether (sulfide) groups is 1. The number of benzene rings is 1. The van der Waals surface area contributed by atoms with Crippen molar-refractivity contribution in [1.29, 1.82) is 0 Å². The molecule has 4 nitrogen and oxygen atoms in total. The van der Waals surface area contributed by atoms with Gasteiger partial charge in [0, 0.05) is 5.39 Å². The molecule has 0 bridgehead atoms. The van der Waals surface area contributed by atoms with Crippen molar-refractivity contribution in [3.05, 3.63) is 41.2 Å². The van der Waals surface area contributed by atoms with Crippen molar-refractivity contribution in [3.8, 4) is 5.69 Å². The highest BCUT2D eigenvalue weighted by molar-refractivity contribution is 7.99. The predicted octanol–water partition coefficient (Wildman–Crippen LogP) is 3.85. The molecule has 0 unspecified atom stereocenters. The third-order valence-electron chi connectivity index (χ3n) is 3.67. The van der Waals surface area contributed by atoms with Gasteiger partial charge in [-0.15, -0.1) is 16.9 Å². The lowest BCUT2D eigenvalue weighted by Gasteiger charge is -2.09. The van der Waals surface area contributed by atoms with Gasteiger partial charge in [-0.05, 0) is 49.8 Å². The van der Waals surface area contributed by atoms with E-state index in [1.54, 1.807) is 11.8 Å². The first-order valence-electron chi connectivity index (χ1n) is 7.03. The molecule has 3 aromatic rings. The molecule has 0 N–H and O–H groups in total. The molecule has 5 heteroatoms. The van der Waals surface area contributed by atoms with Gasteiger partial charge in [-0.1, -0.05) is 13.0 Å². The van der Waals surface area contributed by atoms with Gasteiger partial charge >= 0.3 is 0 Å². The maximum Gasteiger partial charge on any atom is 0.145 e. The summed E-state index contributed by atoms with van der Waals surface area (Å²) in [7, 11) is 0. The molecule has 0 spiro atoms. The zero-order valence-electron chi connectivity index (χ0n) is 12.7. The lowest BCUT2D eigenvalue weighted by atomic mass is 10.1. The van der Waals surface area contributed by atoms with E-state index in [1.165, 1.54) is 11.1 Å². The summed E-state index contributed by atoms with van der Waals surface area (Å²) in [6.07, 6.45) is 1.88. The smallest absolute Gasteiger partial charge is 0.145 e. The average Bonchev–Trinajstić information content (AvgIpc) is 2.91. The van der Waals surface area contributed by atoms with Gasteiger partial charge in [0.15, 0.2) is 0 Å². The summed E-state index contributed by atoms with van der Waals surface area (Å²) in [4.78, 5) is 0. The molecule has 0 saturated heterocycles. The Morgan fingerprint density at radius 2 is 1.90 bits per heavy atom. The molecule has 0 saturated carbocycles. The predicted molar refractivity (Wildman–Crippen MR) is 87.3 cm³/mol. The first kappa shape index (κ1) is 14.1.